The van der Waals surface area contributed by atoms with Crippen LogP contribution in [0.1, 0.15) is 5.56 Å². The van der Waals surface area contributed by atoms with Gasteiger partial charge in [0.15, 0.2) is 0 Å². The van der Waals surface area contributed by atoms with E-state index in [0.29, 0.717) is 0 Å². The van der Waals surface area contributed by atoms with Crippen LogP contribution in [0.25, 0.3) is 0 Å². The molecule has 0 heterocycles. The van der Waals surface area contributed by atoms with Crippen LogP contribution >= 0.6 is 0 Å². The fourth-order valence-corrected chi connectivity index (χ4v) is 0.583. The molecule has 1 aromatic rings. The maximum absolute atomic E-state index is 8.54. The molecule has 0 spiro atoms. The zero-order chi connectivity index (χ0) is 5.82. The van der Waals surface area contributed by atoms with Crippen molar-refractivity contribution in [2.75, 3.05) is 0 Å². The van der Waals surface area contributed by atoms with Crippen LogP contribution in [0.3, 0.4) is 0 Å². The summed E-state index contributed by atoms with van der Waals surface area (Å²) < 4.78 is 0. The van der Waals surface area contributed by atoms with Crippen molar-refractivity contribution in [1.29, 1.82) is 0 Å². The first kappa shape index (κ1) is 9.56. The van der Waals surface area contributed by atoms with Gasteiger partial charge in [-0.3, -0.25) is 0 Å². The Balaban J connectivity index is 0.000000640. The van der Waals surface area contributed by atoms with Gasteiger partial charge in [0.05, 0.1) is 6.61 Å². The minimum absolute atomic E-state index is 0. The molecule has 9 heavy (non-hydrogen) atoms. The van der Waals surface area contributed by atoms with E-state index < -0.39 is 0 Å². The first-order valence-electron chi connectivity index (χ1n) is 2.58. The van der Waals surface area contributed by atoms with Gasteiger partial charge in [-0.05, 0) is 5.56 Å². The maximum atomic E-state index is 8.54. The molecule has 0 amide bonds. The molecular formula is C7H8CeO. The summed E-state index contributed by atoms with van der Waals surface area (Å²) in [6.07, 6.45) is 0. The molecule has 0 aliphatic heterocycles. The summed E-state index contributed by atoms with van der Waals surface area (Å²) in [5.41, 5.74) is 0.965. The topological polar surface area (TPSA) is 20.2 Å². The summed E-state index contributed by atoms with van der Waals surface area (Å²) in [6, 6.07) is 9.52. The minimum Gasteiger partial charge on any atom is -0.392 e. The Kier molecular flexibility index (Phi) is 5.68. The molecule has 0 radical (unpaired) electrons. The van der Waals surface area contributed by atoms with Gasteiger partial charge < -0.3 is 5.11 Å². The Bertz CT molecular complexity index is 150. The van der Waals surface area contributed by atoms with E-state index in [9.17, 15) is 0 Å². The molecule has 0 aromatic heterocycles. The molecule has 0 bridgehead atoms. The quantitative estimate of drug-likeness (QED) is 0.791. The van der Waals surface area contributed by atoms with E-state index >= 15 is 0 Å². The van der Waals surface area contributed by atoms with Crippen molar-refractivity contribution >= 4 is 0 Å². The average molecular weight is 248 g/mol. The van der Waals surface area contributed by atoms with E-state index in [1.165, 1.54) is 0 Å². The molecule has 0 fully saturated rings. The molecule has 0 aliphatic rings. The largest absolute Gasteiger partial charge is 0.392 e. The molecule has 0 aliphatic carbocycles. The van der Waals surface area contributed by atoms with Gasteiger partial charge >= 0.3 is 0 Å². The molecule has 1 N–H and O–H groups in total. The van der Waals surface area contributed by atoms with Crippen LogP contribution < -0.4 is 0 Å². The Hall–Kier alpha value is 0.557. The second-order valence-corrected chi connectivity index (χ2v) is 1.64. The molecule has 1 nitrogen and oxygen atoms in total. The fourth-order valence-electron chi connectivity index (χ4n) is 0.583. The number of hydrogen-bond donors (Lipinski definition) is 1. The van der Waals surface area contributed by atoms with E-state index in [0.717, 1.165) is 5.56 Å². The third kappa shape index (κ3) is 3.30. The average Bonchev–Trinajstić information content (AvgIpc) is 1.90. The smallest absolute Gasteiger partial charge is 0.0681 e. The second-order valence-electron chi connectivity index (χ2n) is 1.64. The van der Waals surface area contributed by atoms with Crippen molar-refractivity contribution in [1.82, 2.24) is 0 Å². The van der Waals surface area contributed by atoms with Crippen LogP contribution in [0.2, 0.25) is 0 Å². The Morgan fingerprint density at radius 2 is 1.67 bits per heavy atom. The first-order chi connectivity index (χ1) is 3.93. The van der Waals surface area contributed by atoms with Crippen LogP contribution in [0, 0.1) is 41.7 Å². The number of aliphatic hydroxyl groups excluding tert-OH is 1. The Morgan fingerprint density at radius 1 is 1.11 bits per heavy atom. The van der Waals surface area contributed by atoms with Crippen LogP contribution in [0.15, 0.2) is 30.3 Å². The van der Waals surface area contributed by atoms with Crippen LogP contribution in [-0.4, -0.2) is 5.11 Å². The number of rotatable bonds is 1. The van der Waals surface area contributed by atoms with Gasteiger partial charge in [-0.1, -0.05) is 30.3 Å². The van der Waals surface area contributed by atoms with Crippen LogP contribution in [-0.2, 0) is 6.61 Å². The van der Waals surface area contributed by atoms with Crippen molar-refractivity contribution in [2.45, 2.75) is 6.61 Å². The predicted octanol–water partition coefficient (Wildman–Crippen LogP) is 1.18. The Labute approximate surface area is 88.5 Å². The maximum Gasteiger partial charge on any atom is 0.0681 e. The summed E-state index contributed by atoms with van der Waals surface area (Å²) in [4.78, 5) is 0. The standard InChI is InChI=1S/C7H8O.Ce/c8-6-7-4-2-1-3-5-7;/h1-5,8H,6H2;. The number of aliphatic hydroxyl groups is 1. The molecule has 0 atom stereocenters. The number of hydrogen-bond acceptors (Lipinski definition) is 1. The van der Waals surface area contributed by atoms with E-state index in [4.69, 9.17) is 5.11 Å². The van der Waals surface area contributed by atoms with Crippen molar-refractivity contribution in [3.63, 3.8) is 0 Å². The van der Waals surface area contributed by atoms with Crippen molar-refractivity contribution in [3.05, 3.63) is 35.9 Å². The zero-order valence-electron chi connectivity index (χ0n) is 5.04. The van der Waals surface area contributed by atoms with Gasteiger partial charge in [0.25, 0.3) is 0 Å². The SMILES string of the molecule is OCc1ccccc1.[Ce]. The normalized spacial score (nSPS) is 8.11. The first-order valence-corrected chi connectivity index (χ1v) is 2.58. The van der Waals surface area contributed by atoms with Crippen molar-refractivity contribution < 1.29 is 46.9 Å². The Morgan fingerprint density at radius 3 is 2.00 bits per heavy atom. The van der Waals surface area contributed by atoms with E-state index in [-0.39, 0.29) is 48.4 Å². The molecule has 46 valence electrons. The predicted molar refractivity (Wildman–Crippen MR) is 32.4 cm³/mol. The van der Waals surface area contributed by atoms with E-state index in [1.807, 2.05) is 30.3 Å². The van der Waals surface area contributed by atoms with Crippen molar-refractivity contribution in [2.24, 2.45) is 0 Å². The summed E-state index contributed by atoms with van der Waals surface area (Å²) >= 11 is 0. The molecule has 1 rings (SSSR count). The minimum atomic E-state index is 0. The summed E-state index contributed by atoms with van der Waals surface area (Å²) in [5.74, 6) is 0. The molecule has 0 saturated heterocycles. The third-order valence-electron chi connectivity index (χ3n) is 1.03. The summed E-state index contributed by atoms with van der Waals surface area (Å²) in [7, 11) is 0. The van der Waals surface area contributed by atoms with Gasteiger partial charge in [-0.15, -0.1) is 0 Å². The zero-order valence-corrected chi connectivity index (χ0v) is 8.18. The number of benzene rings is 1. The summed E-state index contributed by atoms with van der Waals surface area (Å²) in [5, 5.41) is 8.54. The third-order valence-corrected chi connectivity index (χ3v) is 1.03. The van der Waals surface area contributed by atoms with Gasteiger partial charge in [-0.25, -0.2) is 0 Å². The van der Waals surface area contributed by atoms with Gasteiger partial charge in [0.2, 0.25) is 0 Å². The molecule has 0 saturated carbocycles. The monoisotopic (exact) mass is 248 g/mol. The van der Waals surface area contributed by atoms with Crippen molar-refractivity contribution in [3.8, 4) is 0 Å². The van der Waals surface area contributed by atoms with E-state index in [1.54, 1.807) is 0 Å². The fraction of sp³-hybridized carbons (Fsp3) is 0.143. The molecule has 0 unspecified atom stereocenters. The molecule has 1 aromatic carbocycles. The molecular weight excluding hydrogens is 240 g/mol. The van der Waals surface area contributed by atoms with Crippen LogP contribution in [0.5, 0.6) is 0 Å². The van der Waals surface area contributed by atoms with Crippen LogP contribution in [0.4, 0.5) is 0 Å². The summed E-state index contributed by atoms with van der Waals surface area (Å²) in [6.45, 7) is 0.140. The van der Waals surface area contributed by atoms with Gasteiger partial charge in [-0.2, -0.15) is 0 Å². The van der Waals surface area contributed by atoms with E-state index in [2.05, 4.69) is 0 Å². The van der Waals surface area contributed by atoms with Gasteiger partial charge in [0, 0.05) is 41.7 Å². The molecule has 2 heteroatoms. The second kappa shape index (κ2) is 5.35. The van der Waals surface area contributed by atoms with Gasteiger partial charge in [0.1, 0.15) is 0 Å².